The number of amides is 1. The van der Waals surface area contributed by atoms with Gasteiger partial charge in [0.15, 0.2) is 0 Å². The largest absolute Gasteiger partial charge is 0.322 e. The Labute approximate surface area is 108 Å². The lowest BCUT2D eigenvalue weighted by atomic mass is 9.88. The van der Waals surface area contributed by atoms with Crippen molar-refractivity contribution in [1.29, 1.82) is 0 Å². The molecule has 0 saturated heterocycles. The summed E-state index contributed by atoms with van der Waals surface area (Å²) in [5.74, 6) is -0.661. The molecule has 0 fully saturated rings. The molecule has 1 unspecified atom stereocenters. The third-order valence-corrected chi connectivity index (χ3v) is 3.02. The number of nitrogens with one attached hydrogen (secondary N) is 2. The van der Waals surface area contributed by atoms with Gasteiger partial charge >= 0.3 is 0 Å². The van der Waals surface area contributed by atoms with E-state index in [0.717, 1.165) is 0 Å². The van der Waals surface area contributed by atoms with Crippen LogP contribution in [0.3, 0.4) is 0 Å². The maximum Gasteiger partial charge on any atom is 0.238 e. The number of benzene rings is 1. The molecule has 18 heavy (non-hydrogen) atoms. The van der Waals surface area contributed by atoms with Gasteiger partial charge in [-0.05, 0) is 24.5 Å². The van der Waals surface area contributed by atoms with Gasteiger partial charge in [-0.3, -0.25) is 4.79 Å². The lowest BCUT2D eigenvalue weighted by Crippen LogP contribution is -2.41. The average Bonchev–Trinajstić information content (AvgIpc) is 2.27. The normalized spacial score (nSPS) is 13.2. The Hall–Kier alpha value is -1.42. The minimum absolute atomic E-state index is 0.0816. The van der Waals surface area contributed by atoms with E-state index in [1.54, 1.807) is 18.2 Å². The molecule has 0 radical (unpaired) electrons. The number of hydrogen-bond acceptors (Lipinski definition) is 2. The number of para-hydroxylation sites is 1. The van der Waals surface area contributed by atoms with Crippen LogP contribution in [-0.2, 0) is 4.79 Å². The summed E-state index contributed by atoms with van der Waals surface area (Å²) in [6.07, 6.45) is 0. The molecule has 3 nitrogen and oxygen atoms in total. The van der Waals surface area contributed by atoms with E-state index in [1.165, 1.54) is 6.07 Å². The molecular formula is C14H21FN2O. The zero-order chi connectivity index (χ0) is 13.8. The zero-order valence-electron chi connectivity index (χ0n) is 11.4. The van der Waals surface area contributed by atoms with Crippen molar-refractivity contribution in [3.8, 4) is 0 Å². The summed E-state index contributed by atoms with van der Waals surface area (Å²) in [6, 6.07) is 6.33. The summed E-state index contributed by atoms with van der Waals surface area (Å²) in [5.41, 5.74) is 0.297. The Kier molecular flexibility index (Phi) is 4.84. The summed E-state index contributed by atoms with van der Waals surface area (Å²) in [5, 5.41) is 5.67. The van der Waals surface area contributed by atoms with Crippen LogP contribution >= 0.6 is 0 Å². The van der Waals surface area contributed by atoms with Crippen LogP contribution in [0.5, 0.6) is 0 Å². The van der Waals surface area contributed by atoms with Gasteiger partial charge in [0.25, 0.3) is 0 Å². The molecule has 1 rings (SSSR count). The molecule has 0 bridgehead atoms. The van der Waals surface area contributed by atoms with E-state index in [9.17, 15) is 9.18 Å². The van der Waals surface area contributed by atoms with Gasteiger partial charge in [-0.1, -0.05) is 32.9 Å². The first kappa shape index (κ1) is 14.6. The first-order valence-corrected chi connectivity index (χ1v) is 6.08. The van der Waals surface area contributed by atoms with E-state index >= 15 is 0 Å². The second kappa shape index (κ2) is 5.96. The number of carbonyl (C=O) groups excluding carboxylic acids is 1. The van der Waals surface area contributed by atoms with Crippen molar-refractivity contribution in [3.05, 3.63) is 30.1 Å². The van der Waals surface area contributed by atoms with Gasteiger partial charge in [0.1, 0.15) is 5.82 Å². The summed E-state index contributed by atoms with van der Waals surface area (Å²) in [7, 11) is 0. The Balaban J connectivity index is 2.46. The van der Waals surface area contributed by atoms with Crippen LogP contribution in [0, 0.1) is 11.2 Å². The first-order valence-electron chi connectivity index (χ1n) is 6.08. The molecule has 100 valence electrons. The molecule has 0 aromatic heterocycles. The maximum absolute atomic E-state index is 13.3. The predicted octanol–water partition coefficient (Wildman–Crippen LogP) is 2.79. The van der Waals surface area contributed by atoms with Crippen LogP contribution in [0.4, 0.5) is 10.1 Å². The second-order valence-electron chi connectivity index (χ2n) is 5.50. The quantitative estimate of drug-likeness (QED) is 0.865. The van der Waals surface area contributed by atoms with Gasteiger partial charge in [0.2, 0.25) is 5.91 Å². The lowest BCUT2D eigenvalue weighted by molar-refractivity contribution is -0.115. The molecule has 0 aliphatic heterocycles. The number of hydrogen-bond donors (Lipinski definition) is 2. The standard InChI is InChI=1S/C14H21FN2O/c1-10(14(2,3)4)16-9-13(18)17-12-8-6-5-7-11(12)15/h5-8,10,16H,9H2,1-4H3,(H,17,18). The molecule has 0 saturated carbocycles. The highest BCUT2D eigenvalue weighted by Crippen LogP contribution is 2.18. The number of carbonyl (C=O) groups is 1. The molecule has 0 heterocycles. The SMILES string of the molecule is CC(NCC(=O)Nc1ccccc1F)C(C)(C)C. The van der Waals surface area contributed by atoms with Gasteiger partial charge in [0.05, 0.1) is 12.2 Å². The molecular weight excluding hydrogens is 231 g/mol. The van der Waals surface area contributed by atoms with Gasteiger partial charge in [-0.2, -0.15) is 0 Å². The first-order chi connectivity index (χ1) is 8.30. The van der Waals surface area contributed by atoms with E-state index < -0.39 is 5.82 Å². The lowest BCUT2D eigenvalue weighted by Gasteiger charge is -2.27. The van der Waals surface area contributed by atoms with Crippen molar-refractivity contribution in [2.75, 3.05) is 11.9 Å². The number of halogens is 1. The maximum atomic E-state index is 13.3. The highest BCUT2D eigenvalue weighted by atomic mass is 19.1. The van der Waals surface area contributed by atoms with E-state index in [2.05, 4.69) is 31.4 Å². The van der Waals surface area contributed by atoms with E-state index in [-0.39, 0.29) is 29.6 Å². The molecule has 4 heteroatoms. The van der Waals surface area contributed by atoms with Crippen molar-refractivity contribution >= 4 is 11.6 Å². The van der Waals surface area contributed by atoms with E-state index in [4.69, 9.17) is 0 Å². The fraction of sp³-hybridized carbons (Fsp3) is 0.500. The van der Waals surface area contributed by atoms with Crippen molar-refractivity contribution in [1.82, 2.24) is 5.32 Å². The summed E-state index contributed by atoms with van der Waals surface area (Å²) in [4.78, 5) is 11.7. The minimum atomic E-state index is -0.422. The summed E-state index contributed by atoms with van der Waals surface area (Å²) >= 11 is 0. The fourth-order valence-corrected chi connectivity index (χ4v) is 1.31. The second-order valence-corrected chi connectivity index (χ2v) is 5.50. The Morgan fingerprint density at radius 2 is 1.94 bits per heavy atom. The molecule has 0 aliphatic carbocycles. The van der Waals surface area contributed by atoms with Crippen molar-refractivity contribution in [2.45, 2.75) is 33.7 Å². The van der Waals surface area contributed by atoms with Crippen LogP contribution in [-0.4, -0.2) is 18.5 Å². The van der Waals surface area contributed by atoms with Crippen molar-refractivity contribution < 1.29 is 9.18 Å². The summed E-state index contributed by atoms with van der Waals surface area (Å²) in [6.45, 7) is 8.49. The van der Waals surface area contributed by atoms with Crippen LogP contribution in [0.15, 0.2) is 24.3 Å². The Morgan fingerprint density at radius 1 is 1.33 bits per heavy atom. The van der Waals surface area contributed by atoms with Gasteiger partial charge in [-0.15, -0.1) is 0 Å². The molecule has 1 amide bonds. The molecule has 0 spiro atoms. The molecule has 1 aromatic rings. The highest BCUT2D eigenvalue weighted by Gasteiger charge is 2.20. The summed E-state index contributed by atoms with van der Waals surface area (Å²) < 4.78 is 13.3. The molecule has 1 atom stereocenters. The van der Waals surface area contributed by atoms with Crippen LogP contribution in [0.1, 0.15) is 27.7 Å². The van der Waals surface area contributed by atoms with Crippen LogP contribution in [0.25, 0.3) is 0 Å². The minimum Gasteiger partial charge on any atom is -0.322 e. The van der Waals surface area contributed by atoms with Crippen LogP contribution < -0.4 is 10.6 Å². The third kappa shape index (κ3) is 4.45. The van der Waals surface area contributed by atoms with Crippen LogP contribution in [0.2, 0.25) is 0 Å². The topological polar surface area (TPSA) is 41.1 Å². The third-order valence-electron chi connectivity index (χ3n) is 3.02. The molecule has 0 aliphatic rings. The van der Waals surface area contributed by atoms with Gasteiger partial charge in [-0.25, -0.2) is 4.39 Å². The smallest absolute Gasteiger partial charge is 0.238 e. The fourth-order valence-electron chi connectivity index (χ4n) is 1.31. The van der Waals surface area contributed by atoms with E-state index in [1.807, 2.05) is 6.92 Å². The Morgan fingerprint density at radius 3 is 2.50 bits per heavy atom. The van der Waals surface area contributed by atoms with Crippen molar-refractivity contribution in [2.24, 2.45) is 5.41 Å². The van der Waals surface area contributed by atoms with Gasteiger partial charge in [0, 0.05) is 6.04 Å². The monoisotopic (exact) mass is 252 g/mol. The van der Waals surface area contributed by atoms with Gasteiger partial charge < -0.3 is 10.6 Å². The van der Waals surface area contributed by atoms with Crippen molar-refractivity contribution in [3.63, 3.8) is 0 Å². The highest BCUT2D eigenvalue weighted by molar-refractivity contribution is 5.92. The number of rotatable bonds is 4. The predicted molar refractivity (Wildman–Crippen MR) is 71.9 cm³/mol. The average molecular weight is 252 g/mol. The zero-order valence-corrected chi connectivity index (χ0v) is 11.4. The Bertz CT molecular complexity index is 413. The molecule has 1 aromatic carbocycles. The molecule has 2 N–H and O–H groups in total. The van der Waals surface area contributed by atoms with E-state index in [0.29, 0.717) is 0 Å². The number of anilines is 1.